The lowest BCUT2D eigenvalue weighted by Crippen LogP contribution is -2.62. The van der Waals surface area contributed by atoms with Crippen LogP contribution in [0.25, 0.3) is 0 Å². The smallest absolute Gasteiger partial charge is 0.210 e. The molecule has 0 aromatic rings. The van der Waals surface area contributed by atoms with Crippen molar-refractivity contribution in [2.45, 2.75) is 43.6 Å². The van der Waals surface area contributed by atoms with E-state index in [0.717, 1.165) is 19.3 Å². The van der Waals surface area contributed by atoms with Crippen LogP contribution in [-0.2, 0) is 14.5 Å². The van der Waals surface area contributed by atoms with E-state index in [1.165, 1.54) is 0 Å². The molecule has 1 heterocycles. The molecule has 1 spiro atoms. The third-order valence-electron chi connectivity index (χ3n) is 4.77. The largest absolute Gasteiger partial charge is 0.317 e. The lowest BCUT2D eigenvalue weighted by molar-refractivity contribution is -0.386. The molecule has 4 aliphatic carbocycles. The Labute approximate surface area is 87.8 Å². The summed E-state index contributed by atoms with van der Waals surface area (Å²) in [5.41, 5.74) is -0.933. The normalized spacial score (nSPS) is 61.8. The first-order valence-electron chi connectivity index (χ1n) is 5.84. The SMILES string of the molecule is FC12CC3C[C@H](C1)C1(OCOO1)[C@@H](C3)C2. The molecular formula is C11H15FO3. The molecule has 4 bridgehead atoms. The van der Waals surface area contributed by atoms with Crippen molar-refractivity contribution in [1.29, 1.82) is 0 Å². The summed E-state index contributed by atoms with van der Waals surface area (Å²) in [5, 5.41) is 0. The lowest BCUT2D eigenvalue weighted by atomic mass is 9.52. The quantitative estimate of drug-likeness (QED) is 0.578. The predicted molar refractivity (Wildman–Crippen MR) is 48.2 cm³/mol. The summed E-state index contributed by atoms with van der Waals surface area (Å²) in [5.74, 6) is 0.366. The van der Waals surface area contributed by atoms with Gasteiger partial charge in [0, 0.05) is 11.8 Å². The second-order valence-corrected chi connectivity index (χ2v) is 5.68. The van der Waals surface area contributed by atoms with Gasteiger partial charge in [0.25, 0.3) is 0 Å². The van der Waals surface area contributed by atoms with E-state index in [2.05, 4.69) is 0 Å². The molecule has 4 saturated carbocycles. The fourth-order valence-corrected chi connectivity index (χ4v) is 4.46. The highest BCUT2D eigenvalue weighted by Crippen LogP contribution is 2.63. The van der Waals surface area contributed by atoms with Gasteiger partial charge in [-0.1, -0.05) is 0 Å². The second-order valence-electron chi connectivity index (χ2n) is 5.68. The van der Waals surface area contributed by atoms with Crippen LogP contribution in [0.4, 0.5) is 4.39 Å². The highest BCUT2D eigenvalue weighted by molar-refractivity contribution is 5.10. The van der Waals surface area contributed by atoms with Crippen LogP contribution >= 0.6 is 0 Å². The summed E-state index contributed by atoms with van der Waals surface area (Å²) in [6.45, 7) is 0.205. The highest BCUT2D eigenvalue weighted by atomic mass is 19.1. The van der Waals surface area contributed by atoms with Gasteiger partial charge in [0.2, 0.25) is 5.79 Å². The van der Waals surface area contributed by atoms with Crippen LogP contribution in [0.3, 0.4) is 0 Å². The Balaban J connectivity index is 1.75. The minimum atomic E-state index is -0.933. The Bertz CT molecular complexity index is 282. The van der Waals surface area contributed by atoms with Crippen LogP contribution in [0, 0.1) is 17.8 Å². The molecule has 0 radical (unpaired) electrons. The minimum absolute atomic E-state index is 0.205. The number of halogens is 1. The third-order valence-corrected chi connectivity index (χ3v) is 4.77. The molecule has 3 nitrogen and oxygen atoms in total. The minimum Gasteiger partial charge on any atom is -0.317 e. The number of rotatable bonds is 0. The molecule has 1 aliphatic heterocycles. The van der Waals surface area contributed by atoms with E-state index in [1.54, 1.807) is 0 Å². The van der Waals surface area contributed by atoms with Crippen LogP contribution in [-0.4, -0.2) is 18.2 Å². The molecule has 0 amide bonds. The van der Waals surface area contributed by atoms with Gasteiger partial charge in [0.05, 0.1) is 0 Å². The summed E-state index contributed by atoms with van der Waals surface area (Å²) in [6, 6.07) is 0. The number of alkyl halides is 1. The topological polar surface area (TPSA) is 27.7 Å². The fourth-order valence-electron chi connectivity index (χ4n) is 4.46. The highest BCUT2D eigenvalue weighted by Gasteiger charge is 2.66. The molecule has 1 saturated heterocycles. The first-order valence-corrected chi connectivity index (χ1v) is 5.84. The van der Waals surface area contributed by atoms with E-state index < -0.39 is 11.5 Å². The van der Waals surface area contributed by atoms with Gasteiger partial charge >= 0.3 is 0 Å². The Morgan fingerprint density at radius 2 is 1.80 bits per heavy atom. The molecule has 15 heavy (non-hydrogen) atoms. The average molecular weight is 214 g/mol. The summed E-state index contributed by atoms with van der Waals surface area (Å²) < 4.78 is 20.0. The molecule has 0 aromatic heterocycles. The average Bonchev–Trinajstić information content (AvgIpc) is 2.61. The van der Waals surface area contributed by atoms with E-state index in [1.807, 2.05) is 0 Å². The Kier molecular flexibility index (Phi) is 1.51. The van der Waals surface area contributed by atoms with Crippen LogP contribution in [0.15, 0.2) is 0 Å². The van der Waals surface area contributed by atoms with Crippen molar-refractivity contribution in [2.75, 3.05) is 6.79 Å². The van der Waals surface area contributed by atoms with Gasteiger partial charge in [-0.05, 0) is 38.0 Å². The van der Waals surface area contributed by atoms with Gasteiger partial charge < -0.3 is 4.74 Å². The summed E-state index contributed by atoms with van der Waals surface area (Å²) in [7, 11) is 0. The van der Waals surface area contributed by atoms with Gasteiger partial charge in [-0.25, -0.2) is 9.28 Å². The zero-order valence-corrected chi connectivity index (χ0v) is 8.58. The molecule has 5 rings (SSSR count). The van der Waals surface area contributed by atoms with Crippen molar-refractivity contribution in [3.63, 3.8) is 0 Å². The van der Waals surface area contributed by atoms with Crippen molar-refractivity contribution in [3.05, 3.63) is 0 Å². The first kappa shape index (κ1) is 8.90. The molecule has 3 unspecified atom stereocenters. The van der Waals surface area contributed by atoms with E-state index in [9.17, 15) is 4.39 Å². The summed E-state index contributed by atoms with van der Waals surface area (Å²) >= 11 is 0. The van der Waals surface area contributed by atoms with E-state index in [-0.39, 0.29) is 18.6 Å². The van der Waals surface area contributed by atoms with Crippen molar-refractivity contribution in [3.8, 4) is 0 Å². The standard InChI is InChI=1S/C11H15FO3/c12-10-3-7-1-8(4-10)11(9(2-7)5-10)13-6-14-15-11/h7-9H,1-6H2/t7?,8-,9+,10?,11?. The van der Waals surface area contributed by atoms with Crippen molar-refractivity contribution >= 4 is 0 Å². The zero-order chi connectivity index (χ0) is 10.1. The van der Waals surface area contributed by atoms with Crippen LogP contribution in [0.2, 0.25) is 0 Å². The van der Waals surface area contributed by atoms with E-state index >= 15 is 0 Å². The van der Waals surface area contributed by atoms with Gasteiger partial charge in [0.15, 0.2) is 6.79 Å². The Morgan fingerprint density at radius 1 is 1.07 bits per heavy atom. The first-order chi connectivity index (χ1) is 7.20. The zero-order valence-electron chi connectivity index (χ0n) is 8.58. The molecule has 0 N–H and O–H groups in total. The molecule has 4 heteroatoms. The van der Waals surface area contributed by atoms with Crippen LogP contribution in [0.1, 0.15) is 32.1 Å². The third kappa shape index (κ3) is 1.00. The van der Waals surface area contributed by atoms with Crippen LogP contribution in [0.5, 0.6) is 0 Å². The van der Waals surface area contributed by atoms with Gasteiger partial charge in [-0.15, -0.1) is 0 Å². The number of ether oxygens (including phenoxy) is 1. The van der Waals surface area contributed by atoms with Gasteiger partial charge in [-0.3, -0.25) is 0 Å². The molecule has 0 aromatic carbocycles. The summed E-state index contributed by atoms with van der Waals surface area (Å²) in [6.07, 6.45) is 4.06. The molecule has 5 fully saturated rings. The van der Waals surface area contributed by atoms with Crippen molar-refractivity contribution in [2.24, 2.45) is 17.8 Å². The van der Waals surface area contributed by atoms with Crippen LogP contribution < -0.4 is 0 Å². The van der Waals surface area contributed by atoms with Crippen molar-refractivity contribution < 1.29 is 18.9 Å². The van der Waals surface area contributed by atoms with Gasteiger partial charge in [-0.2, -0.15) is 4.89 Å². The predicted octanol–water partition coefficient (Wildman–Crippen LogP) is 2.17. The second kappa shape index (κ2) is 2.55. The Hall–Kier alpha value is -0.190. The molecule has 5 atom stereocenters. The van der Waals surface area contributed by atoms with Gasteiger partial charge in [0.1, 0.15) is 5.67 Å². The molecule has 5 aliphatic rings. The molecule has 84 valence electrons. The fraction of sp³-hybridized carbons (Fsp3) is 1.00. The lowest BCUT2D eigenvalue weighted by Gasteiger charge is -2.58. The Morgan fingerprint density at radius 3 is 2.33 bits per heavy atom. The maximum atomic E-state index is 14.4. The molecular weight excluding hydrogens is 199 g/mol. The summed E-state index contributed by atoms with van der Waals surface area (Å²) in [4.78, 5) is 10.3. The maximum absolute atomic E-state index is 14.4. The van der Waals surface area contributed by atoms with E-state index in [0.29, 0.717) is 18.8 Å². The number of hydrogen-bond acceptors (Lipinski definition) is 3. The van der Waals surface area contributed by atoms with Crippen molar-refractivity contribution in [1.82, 2.24) is 0 Å². The maximum Gasteiger partial charge on any atom is 0.210 e. The van der Waals surface area contributed by atoms with E-state index in [4.69, 9.17) is 14.5 Å². The monoisotopic (exact) mass is 214 g/mol. The number of hydrogen-bond donors (Lipinski definition) is 0.